The van der Waals surface area contributed by atoms with Gasteiger partial charge in [-0.2, -0.15) is 0 Å². The molecular formula is C26H31FO3. The zero-order valence-corrected chi connectivity index (χ0v) is 18.0. The van der Waals surface area contributed by atoms with E-state index in [1.54, 1.807) is 12.1 Å². The molecule has 1 aromatic heterocycles. The lowest BCUT2D eigenvalue weighted by molar-refractivity contribution is 0.387. The van der Waals surface area contributed by atoms with Crippen LogP contribution in [-0.2, 0) is 19.3 Å². The lowest BCUT2D eigenvalue weighted by Gasteiger charge is -2.07. The van der Waals surface area contributed by atoms with Gasteiger partial charge in [0, 0.05) is 6.42 Å². The first-order valence-electron chi connectivity index (χ1n) is 11.0. The van der Waals surface area contributed by atoms with E-state index in [9.17, 15) is 9.18 Å². The van der Waals surface area contributed by atoms with Gasteiger partial charge in [0.1, 0.15) is 11.1 Å². The molecule has 0 fully saturated rings. The number of halogens is 1. The third-order valence-corrected chi connectivity index (χ3v) is 5.61. The summed E-state index contributed by atoms with van der Waals surface area (Å²) in [5.41, 5.74) is 1.91. The highest BCUT2D eigenvalue weighted by Crippen LogP contribution is 2.25. The number of rotatable bonds is 11. The average Bonchev–Trinajstić information content (AvgIpc) is 2.75. The van der Waals surface area contributed by atoms with Crippen LogP contribution in [0.2, 0.25) is 0 Å². The van der Waals surface area contributed by atoms with Gasteiger partial charge in [0.05, 0.1) is 7.11 Å². The van der Waals surface area contributed by atoms with Gasteiger partial charge in [-0.3, -0.25) is 0 Å². The van der Waals surface area contributed by atoms with Crippen molar-refractivity contribution in [2.75, 3.05) is 7.11 Å². The number of methoxy groups -OCH3 is 1. The first kappa shape index (κ1) is 22.1. The fraction of sp³-hybridized carbons (Fsp3) is 0.423. The Hall–Kier alpha value is -2.62. The van der Waals surface area contributed by atoms with Gasteiger partial charge in [0.15, 0.2) is 11.6 Å². The number of fused-ring (bicyclic) bond motifs is 1. The lowest BCUT2D eigenvalue weighted by Crippen LogP contribution is -2.06. The van der Waals surface area contributed by atoms with Crippen LogP contribution in [0.5, 0.6) is 5.75 Å². The van der Waals surface area contributed by atoms with Gasteiger partial charge in [0.2, 0.25) is 0 Å². The minimum atomic E-state index is -0.670. The lowest BCUT2D eigenvalue weighted by atomic mass is 10.0. The molecule has 0 aliphatic carbocycles. The van der Waals surface area contributed by atoms with Gasteiger partial charge in [-0.1, -0.05) is 69.4 Å². The topological polar surface area (TPSA) is 39.4 Å². The van der Waals surface area contributed by atoms with Gasteiger partial charge in [-0.05, 0) is 47.9 Å². The van der Waals surface area contributed by atoms with E-state index in [1.807, 2.05) is 0 Å². The summed E-state index contributed by atoms with van der Waals surface area (Å²) in [7, 11) is 1.37. The van der Waals surface area contributed by atoms with Crippen LogP contribution in [-0.4, -0.2) is 7.11 Å². The molecule has 0 saturated heterocycles. The quantitative estimate of drug-likeness (QED) is 0.333. The molecule has 0 amide bonds. The van der Waals surface area contributed by atoms with Crippen LogP contribution >= 0.6 is 0 Å². The van der Waals surface area contributed by atoms with Crippen molar-refractivity contribution in [3.8, 4) is 5.75 Å². The summed E-state index contributed by atoms with van der Waals surface area (Å²) < 4.78 is 24.6. The number of unbranched alkanes of at least 4 members (excludes halogenated alkanes) is 5. The predicted octanol–water partition coefficient (Wildman–Crippen LogP) is 6.63. The second-order valence-corrected chi connectivity index (χ2v) is 7.88. The highest BCUT2D eigenvalue weighted by molar-refractivity contribution is 5.83. The fourth-order valence-corrected chi connectivity index (χ4v) is 3.80. The SMILES string of the molecule is CCCCCCCCc1ccc(CCc2cc3ccc(OC)c(F)c3c(=O)o2)cc1. The smallest absolute Gasteiger partial charge is 0.346 e. The van der Waals surface area contributed by atoms with Gasteiger partial charge in [-0.25, -0.2) is 9.18 Å². The molecule has 0 radical (unpaired) electrons. The Morgan fingerprint density at radius 2 is 1.53 bits per heavy atom. The summed E-state index contributed by atoms with van der Waals surface area (Å²) in [5, 5.41) is 0.478. The summed E-state index contributed by atoms with van der Waals surface area (Å²) in [5.74, 6) is -0.0620. The average molecular weight is 411 g/mol. The molecule has 0 aliphatic heterocycles. The van der Waals surface area contributed by atoms with Crippen molar-refractivity contribution in [2.24, 2.45) is 0 Å². The molecule has 0 aliphatic rings. The normalized spacial score (nSPS) is 11.2. The molecule has 0 spiro atoms. The van der Waals surface area contributed by atoms with Crippen molar-refractivity contribution in [3.05, 3.63) is 75.6 Å². The summed E-state index contributed by atoms with van der Waals surface area (Å²) in [6.07, 6.45) is 10.3. The molecule has 2 aromatic carbocycles. The van der Waals surface area contributed by atoms with Crippen LogP contribution < -0.4 is 10.4 Å². The van der Waals surface area contributed by atoms with Crippen LogP contribution in [0.3, 0.4) is 0 Å². The minimum Gasteiger partial charge on any atom is -0.494 e. The Kier molecular flexibility index (Phi) is 8.06. The molecule has 0 bridgehead atoms. The maximum Gasteiger partial charge on any atom is 0.346 e. The van der Waals surface area contributed by atoms with Crippen molar-refractivity contribution < 1.29 is 13.5 Å². The zero-order valence-electron chi connectivity index (χ0n) is 18.0. The van der Waals surface area contributed by atoms with E-state index in [1.165, 1.54) is 62.8 Å². The Balaban J connectivity index is 1.56. The van der Waals surface area contributed by atoms with Crippen molar-refractivity contribution in [3.63, 3.8) is 0 Å². The van der Waals surface area contributed by atoms with Crippen molar-refractivity contribution in [1.29, 1.82) is 0 Å². The van der Waals surface area contributed by atoms with Crippen molar-refractivity contribution >= 4 is 10.8 Å². The predicted molar refractivity (Wildman–Crippen MR) is 120 cm³/mol. The number of aryl methyl sites for hydroxylation is 3. The molecule has 30 heavy (non-hydrogen) atoms. The number of ether oxygens (including phenoxy) is 1. The molecule has 0 saturated carbocycles. The van der Waals surface area contributed by atoms with E-state index >= 15 is 0 Å². The van der Waals surface area contributed by atoms with E-state index in [2.05, 4.69) is 31.2 Å². The van der Waals surface area contributed by atoms with Gasteiger partial charge >= 0.3 is 5.63 Å². The Morgan fingerprint density at radius 3 is 2.23 bits per heavy atom. The fourth-order valence-electron chi connectivity index (χ4n) is 3.80. The Labute approximate surface area is 177 Å². The molecule has 3 rings (SSSR count). The largest absolute Gasteiger partial charge is 0.494 e. The maximum absolute atomic E-state index is 14.3. The molecule has 160 valence electrons. The molecule has 4 heteroatoms. The summed E-state index contributed by atoms with van der Waals surface area (Å²) in [6, 6.07) is 13.6. The summed E-state index contributed by atoms with van der Waals surface area (Å²) >= 11 is 0. The van der Waals surface area contributed by atoms with E-state index in [0.717, 1.165) is 12.8 Å². The number of benzene rings is 2. The molecule has 3 aromatic rings. The molecule has 1 heterocycles. The first-order chi connectivity index (χ1) is 14.6. The Bertz CT molecular complexity index is 1010. The Morgan fingerprint density at radius 1 is 0.867 bits per heavy atom. The number of hydrogen-bond donors (Lipinski definition) is 0. The molecular weight excluding hydrogens is 379 g/mol. The van der Waals surface area contributed by atoms with E-state index < -0.39 is 11.4 Å². The maximum atomic E-state index is 14.3. The standard InChI is InChI=1S/C26H31FO3/c1-3-4-5-6-7-8-9-19-10-12-20(13-11-19)14-16-22-18-21-15-17-23(29-2)25(27)24(21)26(28)30-22/h10-13,15,17-18H,3-9,14,16H2,1-2H3. The molecule has 0 N–H and O–H groups in total. The second kappa shape index (κ2) is 11.0. The highest BCUT2D eigenvalue weighted by atomic mass is 19.1. The van der Waals surface area contributed by atoms with Crippen molar-refractivity contribution in [1.82, 2.24) is 0 Å². The third kappa shape index (κ3) is 5.71. The van der Waals surface area contributed by atoms with E-state index in [4.69, 9.17) is 9.15 Å². The monoisotopic (exact) mass is 410 g/mol. The van der Waals surface area contributed by atoms with E-state index in [-0.39, 0.29) is 11.1 Å². The van der Waals surface area contributed by atoms with E-state index in [0.29, 0.717) is 17.6 Å². The number of hydrogen-bond acceptors (Lipinski definition) is 3. The summed E-state index contributed by atoms with van der Waals surface area (Å²) in [6.45, 7) is 2.24. The van der Waals surface area contributed by atoms with Gasteiger partial charge in [-0.15, -0.1) is 0 Å². The van der Waals surface area contributed by atoms with Crippen LogP contribution in [0.25, 0.3) is 10.8 Å². The van der Waals surface area contributed by atoms with Gasteiger partial charge < -0.3 is 9.15 Å². The van der Waals surface area contributed by atoms with Crippen LogP contribution in [0.1, 0.15) is 62.3 Å². The third-order valence-electron chi connectivity index (χ3n) is 5.61. The van der Waals surface area contributed by atoms with Gasteiger partial charge in [0.25, 0.3) is 0 Å². The van der Waals surface area contributed by atoms with Crippen LogP contribution in [0, 0.1) is 5.82 Å². The zero-order chi connectivity index (χ0) is 21.3. The molecule has 0 atom stereocenters. The first-order valence-corrected chi connectivity index (χ1v) is 11.0. The van der Waals surface area contributed by atoms with Crippen LogP contribution in [0.15, 0.2) is 51.7 Å². The summed E-state index contributed by atoms with van der Waals surface area (Å²) in [4.78, 5) is 12.3. The van der Waals surface area contributed by atoms with Crippen molar-refractivity contribution in [2.45, 2.75) is 64.7 Å². The molecule has 3 nitrogen and oxygen atoms in total. The molecule has 0 unspecified atom stereocenters. The minimum absolute atomic E-state index is 0.0450. The van der Waals surface area contributed by atoms with Crippen LogP contribution in [0.4, 0.5) is 4.39 Å². The second-order valence-electron chi connectivity index (χ2n) is 7.88. The highest BCUT2D eigenvalue weighted by Gasteiger charge is 2.14.